The monoisotopic (exact) mass is 1040 g/mol. The van der Waals surface area contributed by atoms with Crippen LogP contribution in [0.15, 0.2) is 111 Å². The molecule has 0 saturated heterocycles. The smallest absolute Gasteiger partial charge is 0.258 e. The molecule has 0 aliphatic heterocycles. The Morgan fingerprint density at radius 1 is 0.580 bits per heavy atom. The van der Waals surface area contributed by atoms with Gasteiger partial charge in [-0.2, -0.15) is 20.5 Å². The molecule has 21 heteroatoms. The summed E-state index contributed by atoms with van der Waals surface area (Å²) in [7, 11) is 0. The molecule has 0 spiro atoms. The molecule has 0 bridgehead atoms. The van der Waals surface area contributed by atoms with Crippen molar-refractivity contribution in [2.45, 2.75) is 63.8 Å². The molecule has 0 fully saturated rings. The van der Waals surface area contributed by atoms with Crippen molar-refractivity contribution in [2.24, 2.45) is 20.5 Å². The molecular weight excluding hydrogens is 994 g/mol. The van der Waals surface area contributed by atoms with Crippen molar-refractivity contribution in [3.05, 3.63) is 129 Å². The lowest BCUT2D eigenvalue weighted by molar-refractivity contribution is -0.127. The zero-order valence-electron chi connectivity index (χ0n) is 37.7. The zero-order valence-corrected chi connectivity index (χ0v) is 41.4. The second-order valence-corrected chi connectivity index (χ2v) is 16.8. The number of carbonyl (C=O) groups excluding carboxylic acids is 6. The maximum Gasteiger partial charge on any atom is 0.258 e. The van der Waals surface area contributed by atoms with Gasteiger partial charge < -0.3 is 30.7 Å². The summed E-state index contributed by atoms with van der Waals surface area (Å²) in [4.78, 5) is 79.2. The van der Waals surface area contributed by atoms with E-state index in [0.717, 1.165) is 13.8 Å². The number of azo groups is 2. The first-order valence-electron chi connectivity index (χ1n) is 21.0. The summed E-state index contributed by atoms with van der Waals surface area (Å²) in [6.07, 6.45) is 0. The van der Waals surface area contributed by atoms with E-state index in [1.54, 1.807) is 57.2 Å². The number of ketones is 2. The largest absolute Gasteiger partial charge is 0.491 e. The number of amides is 4. The number of halogens is 5. The van der Waals surface area contributed by atoms with Crippen molar-refractivity contribution in [1.82, 2.24) is 0 Å². The molecule has 5 aromatic carbocycles. The summed E-state index contributed by atoms with van der Waals surface area (Å²) in [5.74, 6) is -3.05. The van der Waals surface area contributed by atoms with Crippen molar-refractivity contribution in [1.29, 1.82) is 0 Å². The van der Waals surface area contributed by atoms with Crippen molar-refractivity contribution in [3.8, 4) is 11.5 Å². The summed E-state index contributed by atoms with van der Waals surface area (Å²) in [6.45, 7) is 8.19. The molecule has 5 rings (SSSR count). The Bertz CT molecular complexity index is 2820. The van der Waals surface area contributed by atoms with Gasteiger partial charge in [0.15, 0.2) is 11.6 Å². The van der Waals surface area contributed by atoms with E-state index < -0.39 is 52.7 Å². The van der Waals surface area contributed by atoms with Crippen LogP contribution < -0.4 is 30.7 Å². The number of rotatable bonds is 21. The summed E-state index contributed by atoms with van der Waals surface area (Å²) in [5.41, 5.74) is 3.08. The lowest BCUT2D eigenvalue weighted by atomic mass is 10.1. The molecule has 3 unspecified atom stereocenters. The molecule has 0 radical (unpaired) electrons. The number of benzene rings is 5. The predicted octanol–water partition coefficient (Wildman–Crippen LogP) is 12.4. The number of ether oxygens (including phenoxy) is 2. The third-order valence-corrected chi connectivity index (χ3v) is 11.3. The lowest BCUT2D eigenvalue weighted by Gasteiger charge is -2.17. The van der Waals surface area contributed by atoms with E-state index in [1.165, 1.54) is 54.6 Å². The van der Waals surface area contributed by atoms with Crippen LogP contribution in [0.25, 0.3) is 0 Å². The first kappa shape index (κ1) is 53.5. The minimum absolute atomic E-state index is 0.0292. The highest BCUT2D eigenvalue weighted by molar-refractivity contribution is 6.35. The van der Waals surface area contributed by atoms with Crippen LogP contribution in [0.4, 0.5) is 34.1 Å². The van der Waals surface area contributed by atoms with Gasteiger partial charge in [-0.1, -0.05) is 47.5 Å². The summed E-state index contributed by atoms with van der Waals surface area (Å²) < 4.78 is 11.4. The number of para-hydroxylation sites is 2. The van der Waals surface area contributed by atoms with Gasteiger partial charge in [-0.05, 0) is 107 Å². The molecule has 0 aliphatic carbocycles. The molecule has 0 heterocycles. The Morgan fingerprint density at radius 2 is 1.03 bits per heavy atom. The quantitative estimate of drug-likeness (QED) is 0.0314. The second-order valence-electron chi connectivity index (χ2n) is 14.8. The maximum absolute atomic E-state index is 13.6. The molecule has 360 valence electrons. The van der Waals surface area contributed by atoms with Gasteiger partial charge in [-0.3, -0.25) is 28.8 Å². The fourth-order valence-electron chi connectivity index (χ4n) is 6.47. The van der Waals surface area contributed by atoms with Gasteiger partial charge in [0.05, 0.1) is 74.3 Å². The number of Topliss-reactive ketones (excluding diaryl/α,β-unsaturated/α-hetero) is 2. The average molecular weight is 1040 g/mol. The Balaban J connectivity index is 1.29. The van der Waals surface area contributed by atoms with E-state index in [9.17, 15) is 28.8 Å². The minimum Gasteiger partial charge on any atom is -0.491 e. The van der Waals surface area contributed by atoms with Crippen molar-refractivity contribution in [2.75, 3.05) is 34.5 Å². The molecule has 3 atom stereocenters. The number of hydrogen-bond acceptors (Lipinski definition) is 12. The van der Waals surface area contributed by atoms with E-state index in [2.05, 4.69) is 41.7 Å². The fraction of sp³-hybridized carbons (Fsp3) is 0.250. The highest BCUT2D eigenvalue weighted by Crippen LogP contribution is 2.35. The van der Waals surface area contributed by atoms with Crippen molar-refractivity contribution >= 4 is 127 Å². The molecule has 0 saturated carbocycles. The average Bonchev–Trinajstić information content (AvgIpc) is 3.31. The number of anilines is 4. The predicted molar refractivity (Wildman–Crippen MR) is 269 cm³/mol. The third-order valence-electron chi connectivity index (χ3n) is 9.79. The Labute approximate surface area is 422 Å². The Kier molecular flexibility index (Phi) is 19.6. The van der Waals surface area contributed by atoms with Gasteiger partial charge in [0.2, 0.25) is 12.1 Å². The summed E-state index contributed by atoms with van der Waals surface area (Å²) >= 11 is 31.4. The molecule has 4 amide bonds. The van der Waals surface area contributed by atoms with Crippen molar-refractivity contribution < 1.29 is 38.2 Å². The van der Waals surface area contributed by atoms with Gasteiger partial charge in [0, 0.05) is 22.5 Å². The molecule has 0 aliphatic rings. The molecule has 5 aromatic rings. The summed E-state index contributed by atoms with van der Waals surface area (Å²) in [6, 6.07) is 19.8. The first-order valence-corrected chi connectivity index (χ1v) is 23.3. The second kappa shape index (κ2) is 25.3. The first-order chi connectivity index (χ1) is 33.0. The number of carbonyl (C=O) groups is 6. The highest BCUT2D eigenvalue weighted by atomic mass is 35.5. The van der Waals surface area contributed by atoms with Crippen LogP contribution in [0.1, 0.15) is 77.4 Å². The van der Waals surface area contributed by atoms with Gasteiger partial charge in [0.25, 0.3) is 23.6 Å². The van der Waals surface area contributed by atoms with Crippen LogP contribution in [0.2, 0.25) is 10.0 Å². The van der Waals surface area contributed by atoms with Crippen LogP contribution in [0.3, 0.4) is 0 Å². The highest BCUT2D eigenvalue weighted by Gasteiger charge is 2.27. The Hall–Kier alpha value is -6.43. The topological polar surface area (TPSA) is 218 Å². The van der Waals surface area contributed by atoms with E-state index in [-0.39, 0.29) is 55.7 Å². The maximum atomic E-state index is 13.6. The molecule has 69 heavy (non-hydrogen) atoms. The number of nitrogens with one attached hydrogen (secondary N) is 4. The van der Waals surface area contributed by atoms with Gasteiger partial charge in [-0.25, -0.2) is 0 Å². The van der Waals surface area contributed by atoms with Gasteiger partial charge in [0.1, 0.15) is 11.5 Å². The zero-order chi connectivity index (χ0) is 50.4. The minimum atomic E-state index is -1.63. The van der Waals surface area contributed by atoms with Crippen molar-refractivity contribution in [3.63, 3.8) is 0 Å². The fourth-order valence-corrected chi connectivity index (χ4v) is 7.47. The van der Waals surface area contributed by atoms with Crippen LogP contribution in [0.5, 0.6) is 11.5 Å². The number of hydrogen-bond donors (Lipinski definition) is 4. The lowest BCUT2D eigenvalue weighted by Crippen LogP contribution is -2.32. The SMILES string of the molecule is CCOc1c(CCl)cccc1NC(=O)c1cc(N=NC(C(C)=O)C(=O)Nc2ccc(NC(=O)C(N=Nc3ccc(Cl)c(C(=O)Nc4cccc(CCl)c4OCC)c3)C(C)=O)c(C(C)Cl)c2)ccc1Cl. The number of nitrogens with zero attached hydrogens (tertiary/aromatic N) is 4. The van der Waals surface area contributed by atoms with E-state index in [4.69, 9.17) is 67.5 Å². The standard InChI is InChI=1S/C48H45Cl5N8O8/c1-6-68-43-28(23-49)10-8-12-39(43)56-45(64)34-21-31(14-17-36(34)52)58-60-41(26(4)62)47(66)54-30-16-19-38(33(20-30)25(3)51)55-48(67)42(27(5)63)61-59-32-15-18-37(53)35(22-32)46(65)57-40-13-9-11-29(24-50)44(40)69-7-2/h8-22,25,41-42H,6-7,23-24H2,1-5H3,(H,54,66)(H,55,67)(H,56,64)(H,57,65). The number of alkyl halides is 3. The van der Waals surface area contributed by atoms with Crippen LogP contribution in [-0.4, -0.2) is 60.5 Å². The molecular formula is C48H45Cl5N8O8. The van der Waals surface area contributed by atoms with Crippen LogP contribution in [-0.2, 0) is 30.9 Å². The van der Waals surface area contributed by atoms with E-state index in [1.807, 2.05) is 0 Å². The molecule has 16 nitrogen and oxygen atoms in total. The summed E-state index contributed by atoms with van der Waals surface area (Å²) in [5, 5.41) is 26.4. The normalized spacial score (nSPS) is 12.5. The van der Waals surface area contributed by atoms with Gasteiger partial charge >= 0.3 is 0 Å². The molecule has 0 aromatic heterocycles. The van der Waals surface area contributed by atoms with E-state index in [0.29, 0.717) is 52.8 Å². The van der Waals surface area contributed by atoms with E-state index >= 15 is 0 Å². The molecule has 4 N–H and O–H groups in total. The van der Waals surface area contributed by atoms with Crippen LogP contribution >= 0.6 is 58.0 Å². The third kappa shape index (κ3) is 14.1. The van der Waals surface area contributed by atoms with Crippen LogP contribution in [0, 0.1) is 0 Å². The Morgan fingerprint density at radius 3 is 1.43 bits per heavy atom. The van der Waals surface area contributed by atoms with Gasteiger partial charge in [-0.15, -0.1) is 34.8 Å².